The van der Waals surface area contributed by atoms with Crippen molar-refractivity contribution in [3.63, 3.8) is 0 Å². The summed E-state index contributed by atoms with van der Waals surface area (Å²) in [4.78, 5) is 4.25. The van der Waals surface area contributed by atoms with Crippen LogP contribution in [0.5, 0.6) is 0 Å². The molecule has 1 aromatic heterocycles. The van der Waals surface area contributed by atoms with Gasteiger partial charge in [0, 0.05) is 0 Å². The molecule has 15 heavy (non-hydrogen) atoms. The van der Waals surface area contributed by atoms with E-state index >= 15 is 0 Å². The van der Waals surface area contributed by atoms with Crippen molar-refractivity contribution in [2.75, 3.05) is 0 Å². The molecule has 1 fully saturated rings. The molecule has 2 rings (SSSR count). The third-order valence-electron chi connectivity index (χ3n) is 3.03. The van der Waals surface area contributed by atoms with E-state index in [9.17, 15) is 0 Å². The van der Waals surface area contributed by atoms with Crippen LogP contribution >= 0.6 is 27.3 Å². The summed E-state index contributed by atoms with van der Waals surface area (Å²) in [5.74, 6) is 0. The smallest absolute Gasteiger partial charge is 0.398 e. The molecule has 3 nitrogen and oxygen atoms in total. The van der Waals surface area contributed by atoms with E-state index in [4.69, 9.17) is 9.31 Å². The van der Waals surface area contributed by atoms with Crippen molar-refractivity contribution in [3.8, 4) is 0 Å². The summed E-state index contributed by atoms with van der Waals surface area (Å²) in [5, 5.41) is 0. The fourth-order valence-corrected chi connectivity index (χ4v) is 2.42. The lowest BCUT2D eigenvalue weighted by molar-refractivity contribution is 0.00578. The summed E-state index contributed by atoms with van der Waals surface area (Å²) in [6, 6.07) is 0. The number of rotatable bonds is 1. The van der Waals surface area contributed by atoms with Gasteiger partial charge in [0.1, 0.15) is 0 Å². The molecule has 0 atom stereocenters. The molecule has 1 saturated heterocycles. The molecular formula is C9H13BBrNO2S. The van der Waals surface area contributed by atoms with E-state index in [1.54, 1.807) is 5.51 Å². The largest absolute Gasteiger partial charge is 0.516 e. The van der Waals surface area contributed by atoms with Gasteiger partial charge >= 0.3 is 7.12 Å². The lowest BCUT2D eigenvalue weighted by Crippen LogP contribution is -2.41. The van der Waals surface area contributed by atoms with Gasteiger partial charge in [-0.1, -0.05) is 0 Å². The SMILES string of the molecule is CC1(C)OB(c2ncsc2Br)OC1(C)C. The second-order valence-electron chi connectivity index (χ2n) is 4.60. The monoisotopic (exact) mass is 289 g/mol. The van der Waals surface area contributed by atoms with Crippen LogP contribution in [0, 0.1) is 0 Å². The predicted molar refractivity (Wildman–Crippen MR) is 65.5 cm³/mol. The predicted octanol–water partition coefficient (Wildman–Crippen LogP) is 2.20. The van der Waals surface area contributed by atoms with Gasteiger partial charge < -0.3 is 9.31 Å². The van der Waals surface area contributed by atoms with Crippen molar-refractivity contribution in [1.82, 2.24) is 4.98 Å². The van der Waals surface area contributed by atoms with Crippen LogP contribution in [0.4, 0.5) is 0 Å². The van der Waals surface area contributed by atoms with E-state index in [1.807, 2.05) is 27.7 Å². The van der Waals surface area contributed by atoms with Gasteiger partial charge in [-0.2, -0.15) is 0 Å². The standard InChI is InChI=1S/C9H13BBrNO2S/c1-8(2)9(3,4)14-10(13-8)6-7(11)15-5-12-6/h5H,1-4H3. The average Bonchev–Trinajstić information content (AvgIpc) is 2.55. The Bertz CT molecular complexity index is 364. The minimum atomic E-state index is -0.365. The first-order chi connectivity index (χ1) is 6.83. The van der Waals surface area contributed by atoms with Gasteiger partial charge in [0.15, 0.2) is 0 Å². The van der Waals surface area contributed by atoms with Crippen LogP contribution in [0.15, 0.2) is 9.30 Å². The number of thiazole rings is 1. The van der Waals surface area contributed by atoms with Crippen LogP contribution in [0.3, 0.4) is 0 Å². The fourth-order valence-electron chi connectivity index (χ4n) is 1.35. The van der Waals surface area contributed by atoms with E-state index < -0.39 is 0 Å². The molecule has 0 bridgehead atoms. The van der Waals surface area contributed by atoms with Gasteiger partial charge in [-0.15, -0.1) is 11.3 Å². The van der Waals surface area contributed by atoms with Crippen molar-refractivity contribution in [2.45, 2.75) is 38.9 Å². The Kier molecular flexibility index (Phi) is 2.74. The zero-order valence-corrected chi connectivity index (χ0v) is 11.6. The molecule has 1 aromatic rings. The topological polar surface area (TPSA) is 31.4 Å². The molecular weight excluding hydrogens is 277 g/mol. The van der Waals surface area contributed by atoms with E-state index in [2.05, 4.69) is 20.9 Å². The first-order valence-electron chi connectivity index (χ1n) is 4.78. The molecule has 0 radical (unpaired) electrons. The number of nitrogens with zero attached hydrogens (tertiary/aromatic N) is 1. The minimum absolute atomic E-state index is 0.305. The van der Waals surface area contributed by atoms with Crippen molar-refractivity contribution >= 4 is 40.0 Å². The minimum Gasteiger partial charge on any atom is -0.398 e. The highest BCUT2D eigenvalue weighted by atomic mass is 79.9. The summed E-state index contributed by atoms with van der Waals surface area (Å²) in [6.45, 7) is 8.14. The van der Waals surface area contributed by atoms with Gasteiger partial charge in [0.25, 0.3) is 0 Å². The Labute approximate surface area is 102 Å². The quantitative estimate of drug-likeness (QED) is 0.743. The summed E-state index contributed by atoms with van der Waals surface area (Å²) in [5.41, 5.74) is 2.00. The molecule has 82 valence electrons. The Balaban J connectivity index is 2.27. The molecule has 0 aromatic carbocycles. The summed E-state index contributed by atoms with van der Waals surface area (Å²) in [6.07, 6.45) is 0. The van der Waals surface area contributed by atoms with Gasteiger partial charge in [-0.3, -0.25) is 4.98 Å². The van der Waals surface area contributed by atoms with E-state index in [0.29, 0.717) is 0 Å². The fraction of sp³-hybridized carbons (Fsp3) is 0.667. The van der Waals surface area contributed by atoms with Gasteiger partial charge in [-0.05, 0) is 43.6 Å². The summed E-state index contributed by atoms with van der Waals surface area (Å²) in [7, 11) is -0.365. The van der Waals surface area contributed by atoms with E-state index in [-0.39, 0.29) is 18.3 Å². The second kappa shape index (κ2) is 3.55. The number of halogens is 1. The third kappa shape index (κ3) is 1.88. The summed E-state index contributed by atoms with van der Waals surface area (Å²) < 4.78 is 12.7. The third-order valence-corrected chi connectivity index (χ3v) is 4.62. The Morgan fingerprint density at radius 2 is 1.80 bits per heavy atom. The zero-order valence-electron chi connectivity index (χ0n) is 9.20. The van der Waals surface area contributed by atoms with Crippen LogP contribution in [0.2, 0.25) is 0 Å². The average molecular weight is 290 g/mol. The Hall–Kier alpha value is 0.0949. The van der Waals surface area contributed by atoms with Crippen LogP contribution in [-0.2, 0) is 9.31 Å². The first kappa shape index (κ1) is 11.6. The van der Waals surface area contributed by atoms with Crippen molar-refractivity contribution in [2.24, 2.45) is 0 Å². The molecule has 1 aliphatic rings. The molecule has 0 unspecified atom stereocenters. The molecule has 0 amide bonds. The highest BCUT2D eigenvalue weighted by Crippen LogP contribution is 2.37. The van der Waals surface area contributed by atoms with E-state index in [1.165, 1.54) is 11.3 Å². The molecule has 1 aliphatic heterocycles. The lowest BCUT2D eigenvalue weighted by Gasteiger charge is -2.32. The first-order valence-corrected chi connectivity index (χ1v) is 6.45. The zero-order chi connectivity index (χ0) is 11.3. The van der Waals surface area contributed by atoms with Crippen LogP contribution in [0.25, 0.3) is 0 Å². The van der Waals surface area contributed by atoms with Gasteiger partial charge in [0.05, 0.1) is 26.1 Å². The Morgan fingerprint density at radius 3 is 2.20 bits per heavy atom. The summed E-state index contributed by atoms with van der Waals surface area (Å²) >= 11 is 4.98. The normalized spacial score (nSPS) is 23.4. The number of hydrogen-bond acceptors (Lipinski definition) is 4. The van der Waals surface area contributed by atoms with Crippen molar-refractivity contribution < 1.29 is 9.31 Å². The van der Waals surface area contributed by atoms with Gasteiger partial charge in [-0.25, -0.2) is 0 Å². The highest BCUT2D eigenvalue weighted by Gasteiger charge is 2.53. The van der Waals surface area contributed by atoms with E-state index in [0.717, 1.165) is 9.38 Å². The van der Waals surface area contributed by atoms with Gasteiger partial charge in [0.2, 0.25) is 0 Å². The number of hydrogen-bond donors (Lipinski definition) is 0. The molecule has 0 aliphatic carbocycles. The van der Waals surface area contributed by atoms with Crippen molar-refractivity contribution in [3.05, 3.63) is 9.30 Å². The van der Waals surface area contributed by atoms with Crippen LogP contribution in [-0.4, -0.2) is 23.3 Å². The van der Waals surface area contributed by atoms with Crippen molar-refractivity contribution in [1.29, 1.82) is 0 Å². The molecule has 2 heterocycles. The van der Waals surface area contributed by atoms with Crippen LogP contribution in [0.1, 0.15) is 27.7 Å². The maximum Gasteiger partial charge on any atom is 0.516 e. The molecule has 0 spiro atoms. The Morgan fingerprint density at radius 1 is 1.27 bits per heavy atom. The number of aromatic nitrogens is 1. The maximum absolute atomic E-state index is 5.88. The second-order valence-corrected chi connectivity index (χ2v) is 6.77. The maximum atomic E-state index is 5.88. The molecule has 6 heteroatoms. The lowest BCUT2D eigenvalue weighted by atomic mass is 9.86. The molecule has 0 N–H and O–H groups in total. The highest BCUT2D eigenvalue weighted by molar-refractivity contribution is 9.11. The van der Waals surface area contributed by atoms with Crippen LogP contribution < -0.4 is 5.59 Å². The molecule has 0 saturated carbocycles.